The predicted octanol–water partition coefficient (Wildman–Crippen LogP) is 3.10. The molecule has 1 heterocycles. The van der Waals surface area contributed by atoms with Gasteiger partial charge in [-0.1, -0.05) is 24.6 Å². The number of aromatic amines is 1. The lowest BCUT2D eigenvalue weighted by Gasteiger charge is -2.14. The van der Waals surface area contributed by atoms with E-state index in [9.17, 15) is 4.79 Å². The third-order valence-electron chi connectivity index (χ3n) is 2.99. The van der Waals surface area contributed by atoms with Crippen molar-refractivity contribution in [2.24, 2.45) is 0 Å². The first-order valence-electron chi connectivity index (χ1n) is 6.86. The number of carbonyl (C=O) groups excluding carboxylic acids is 1. The molecule has 0 radical (unpaired) electrons. The second-order valence-electron chi connectivity index (χ2n) is 4.56. The van der Waals surface area contributed by atoms with Crippen LogP contribution in [0.15, 0.2) is 36.7 Å². The Bertz CT molecular complexity index is 572. The Kier molecular flexibility index (Phi) is 5.63. The summed E-state index contributed by atoms with van der Waals surface area (Å²) in [5.74, 6) is 1.36. The average molecular weight is 308 g/mol. The van der Waals surface area contributed by atoms with E-state index in [-0.39, 0.29) is 18.4 Å². The molecule has 0 saturated heterocycles. The van der Waals surface area contributed by atoms with Crippen molar-refractivity contribution in [1.82, 2.24) is 15.3 Å². The van der Waals surface area contributed by atoms with E-state index in [1.807, 2.05) is 19.1 Å². The van der Waals surface area contributed by atoms with Crippen molar-refractivity contribution in [3.63, 3.8) is 0 Å². The van der Waals surface area contributed by atoms with Crippen molar-refractivity contribution in [1.29, 1.82) is 0 Å². The second-order valence-corrected chi connectivity index (χ2v) is 5.00. The maximum Gasteiger partial charge on any atom is 0.224 e. The summed E-state index contributed by atoms with van der Waals surface area (Å²) in [7, 11) is 0. The molecule has 112 valence electrons. The fraction of sp³-hybridized carbons (Fsp3) is 0.333. The van der Waals surface area contributed by atoms with E-state index in [4.69, 9.17) is 16.3 Å². The zero-order valence-electron chi connectivity index (χ0n) is 11.8. The fourth-order valence-electron chi connectivity index (χ4n) is 1.92. The van der Waals surface area contributed by atoms with Crippen LogP contribution in [-0.4, -0.2) is 22.5 Å². The van der Waals surface area contributed by atoms with Gasteiger partial charge in [0.2, 0.25) is 5.91 Å². The Labute approximate surface area is 128 Å². The number of aromatic nitrogens is 2. The van der Waals surface area contributed by atoms with Gasteiger partial charge in [-0.25, -0.2) is 4.98 Å². The van der Waals surface area contributed by atoms with Crippen molar-refractivity contribution in [2.75, 3.05) is 6.61 Å². The molecule has 2 rings (SSSR count). The number of nitrogens with zero attached hydrogens (tertiary/aromatic N) is 1. The Morgan fingerprint density at radius 1 is 1.52 bits per heavy atom. The van der Waals surface area contributed by atoms with E-state index in [0.29, 0.717) is 17.4 Å². The molecule has 2 N–H and O–H groups in total. The Morgan fingerprint density at radius 3 is 3.05 bits per heavy atom. The highest BCUT2D eigenvalue weighted by atomic mass is 35.5. The maximum atomic E-state index is 11.9. The van der Waals surface area contributed by atoms with E-state index in [1.165, 1.54) is 0 Å². The summed E-state index contributed by atoms with van der Waals surface area (Å²) < 4.78 is 5.49. The third-order valence-corrected chi connectivity index (χ3v) is 3.22. The van der Waals surface area contributed by atoms with Gasteiger partial charge in [-0.3, -0.25) is 4.79 Å². The van der Waals surface area contributed by atoms with Gasteiger partial charge in [0, 0.05) is 17.4 Å². The number of ether oxygens (including phenoxy) is 1. The Morgan fingerprint density at radius 2 is 2.38 bits per heavy atom. The number of imidazole rings is 1. The molecular formula is C15H18ClN3O2. The zero-order valence-corrected chi connectivity index (χ0v) is 12.6. The van der Waals surface area contributed by atoms with Crippen LogP contribution in [0.4, 0.5) is 0 Å². The summed E-state index contributed by atoms with van der Waals surface area (Å²) in [4.78, 5) is 19.1. The van der Waals surface area contributed by atoms with Crippen molar-refractivity contribution in [2.45, 2.75) is 25.8 Å². The molecule has 5 nitrogen and oxygen atoms in total. The molecule has 1 unspecified atom stereocenters. The second kappa shape index (κ2) is 7.69. The number of hydrogen-bond acceptors (Lipinski definition) is 3. The molecule has 1 aromatic carbocycles. The Balaban J connectivity index is 1.77. The minimum absolute atomic E-state index is 0.0692. The summed E-state index contributed by atoms with van der Waals surface area (Å²) in [5, 5.41) is 3.54. The summed E-state index contributed by atoms with van der Waals surface area (Å²) in [6, 6.07) is 7.01. The van der Waals surface area contributed by atoms with Crippen LogP contribution >= 0.6 is 11.6 Å². The van der Waals surface area contributed by atoms with Gasteiger partial charge >= 0.3 is 0 Å². The van der Waals surface area contributed by atoms with Gasteiger partial charge < -0.3 is 15.0 Å². The third kappa shape index (κ3) is 4.79. The quantitative estimate of drug-likeness (QED) is 0.826. The molecule has 1 aromatic heterocycles. The van der Waals surface area contributed by atoms with Crippen LogP contribution in [0.5, 0.6) is 5.75 Å². The number of benzene rings is 1. The molecule has 0 aliphatic rings. The monoisotopic (exact) mass is 307 g/mol. The predicted molar refractivity (Wildman–Crippen MR) is 81.3 cm³/mol. The van der Waals surface area contributed by atoms with Crippen LogP contribution in [0.1, 0.15) is 31.6 Å². The molecule has 1 atom stereocenters. The average Bonchev–Trinajstić information content (AvgIpc) is 2.99. The lowest BCUT2D eigenvalue weighted by atomic mass is 10.2. The van der Waals surface area contributed by atoms with E-state index in [1.54, 1.807) is 24.5 Å². The summed E-state index contributed by atoms with van der Waals surface area (Å²) in [6.45, 7) is 2.30. The minimum atomic E-state index is -0.0985. The van der Waals surface area contributed by atoms with Gasteiger partial charge in [0.05, 0.1) is 19.1 Å². The topological polar surface area (TPSA) is 67.0 Å². The van der Waals surface area contributed by atoms with Crippen molar-refractivity contribution >= 4 is 17.5 Å². The van der Waals surface area contributed by atoms with Gasteiger partial charge in [0.1, 0.15) is 11.6 Å². The van der Waals surface area contributed by atoms with E-state index < -0.39 is 0 Å². The van der Waals surface area contributed by atoms with E-state index >= 15 is 0 Å². The summed E-state index contributed by atoms with van der Waals surface area (Å²) >= 11 is 5.86. The molecule has 2 aromatic rings. The molecule has 6 heteroatoms. The van der Waals surface area contributed by atoms with E-state index in [0.717, 1.165) is 12.2 Å². The van der Waals surface area contributed by atoms with Crippen LogP contribution in [0.25, 0.3) is 0 Å². The van der Waals surface area contributed by atoms with Gasteiger partial charge in [-0.15, -0.1) is 0 Å². The lowest BCUT2D eigenvalue weighted by molar-refractivity contribution is -0.122. The first kappa shape index (κ1) is 15.4. The number of rotatable bonds is 7. The number of halogens is 1. The van der Waals surface area contributed by atoms with Crippen LogP contribution in [0, 0.1) is 0 Å². The molecule has 1 amide bonds. The zero-order chi connectivity index (χ0) is 15.1. The van der Waals surface area contributed by atoms with Crippen molar-refractivity contribution in [3.05, 3.63) is 47.5 Å². The molecule has 0 saturated carbocycles. The number of nitrogens with one attached hydrogen (secondary N) is 2. The number of amides is 1. The molecule has 0 bridgehead atoms. The highest BCUT2D eigenvalue weighted by Gasteiger charge is 2.14. The number of hydrogen-bond donors (Lipinski definition) is 2. The molecule has 21 heavy (non-hydrogen) atoms. The molecular weight excluding hydrogens is 290 g/mol. The highest BCUT2D eigenvalue weighted by molar-refractivity contribution is 6.30. The largest absolute Gasteiger partial charge is 0.493 e. The number of H-pyrrole nitrogens is 1. The van der Waals surface area contributed by atoms with Crippen LogP contribution in [0.3, 0.4) is 0 Å². The maximum absolute atomic E-state index is 11.9. The van der Waals surface area contributed by atoms with Crippen LogP contribution < -0.4 is 10.1 Å². The van der Waals surface area contributed by atoms with Gasteiger partial charge in [0.15, 0.2) is 0 Å². The van der Waals surface area contributed by atoms with Gasteiger partial charge in [-0.2, -0.15) is 0 Å². The van der Waals surface area contributed by atoms with Crippen LogP contribution in [0.2, 0.25) is 5.02 Å². The summed E-state index contributed by atoms with van der Waals surface area (Å²) in [6.07, 6.45) is 4.47. The minimum Gasteiger partial charge on any atom is -0.493 e. The van der Waals surface area contributed by atoms with Crippen molar-refractivity contribution in [3.8, 4) is 5.75 Å². The van der Waals surface area contributed by atoms with Gasteiger partial charge in [0.25, 0.3) is 0 Å². The summed E-state index contributed by atoms with van der Waals surface area (Å²) in [5.41, 5.74) is 0. The smallest absolute Gasteiger partial charge is 0.224 e. The first-order valence-corrected chi connectivity index (χ1v) is 7.24. The Hall–Kier alpha value is -2.01. The normalized spacial score (nSPS) is 11.9. The van der Waals surface area contributed by atoms with E-state index in [2.05, 4.69) is 15.3 Å². The SMILES string of the molecule is CCC(NC(=O)CCOc1cccc(Cl)c1)c1ncc[nH]1. The molecule has 0 spiro atoms. The fourth-order valence-corrected chi connectivity index (χ4v) is 2.10. The molecule has 0 aliphatic heterocycles. The molecule has 0 aliphatic carbocycles. The lowest BCUT2D eigenvalue weighted by Crippen LogP contribution is -2.29. The highest BCUT2D eigenvalue weighted by Crippen LogP contribution is 2.17. The van der Waals surface area contributed by atoms with Crippen LogP contribution in [-0.2, 0) is 4.79 Å². The van der Waals surface area contributed by atoms with Gasteiger partial charge in [-0.05, 0) is 24.6 Å². The first-order chi connectivity index (χ1) is 10.2. The standard InChI is InChI=1S/C15H18ClN3O2/c1-2-13(15-17-7-8-18-15)19-14(20)6-9-21-12-5-3-4-11(16)10-12/h3-5,7-8,10,13H,2,6,9H2,1H3,(H,17,18)(H,19,20). The number of carbonyl (C=O) groups is 1. The van der Waals surface area contributed by atoms with Crippen molar-refractivity contribution < 1.29 is 9.53 Å². The molecule has 0 fully saturated rings.